The number of hydrogen-bond acceptors (Lipinski definition) is 3. The van der Waals surface area contributed by atoms with Crippen LogP contribution in [-0.2, 0) is 6.54 Å². The molecule has 3 rings (SSSR count). The van der Waals surface area contributed by atoms with E-state index in [1.54, 1.807) is 0 Å². The fraction of sp³-hybridized carbons (Fsp3) is 0.500. The zero-order valence-electron chi connectivity index (χ0n) is 16.0. The van der Waals surface area contributed by atoms with Crippen molar-refractivity contribution in [3.63, 3.8) is 0 Å². The minimum absolute atomic E-state index is 0.637. The molecule has 2 aromatic rings. The predicted octanol–water partition coefficient (Wildman–Crippen LogP) is 3.44. The Morgan fingerprint density at radius 3 is 2.77 bits per heavy atom. The fourth-order valence-corrected chi connectivity index (χ4v) is 4.44. The lowest BCUT2D eigenvalue weighted by molar-refractivity contribution is 0.726. The second kappa shape index (κ2) is 9.12. The Labute approximate surface area is 160 Å². The fourth-order valence-electron chi connectivity index (χ4n) is 3.24. The van der Waals surface area contributed by atoms with Crippen molar-refractivity contribution >= 4 is 17.7 Å². The van der Waals surface area contributed by atoms with Crippen LogP contribution in [0.2, 0.25) is 0 Å². The minimum Gasteiger partial charge on any atom is -0.357 e. The lowest BCUT2D eigenvalue weighted by Gasteiger charge is -2.14. The number of hydrogen-bond donors (Lipinski definition) is 2. The van der Waals surface area contributed by atoms with Crippen molar-refractivity contribution in [2.45, 2.75) is 45.4 Å². The van der Waals surface area contributed by atoms with Gasteiger partial charge in [0.2, 0.25) is 0 Å². The lowest BCUT2D eigenvalue weighted by Crippen LogP contribution is -2.40. The maximum Gasteiger partial charge on any atom is 0.191 e. The molecule has 0 saturated carbocycles. The molecule has 1 aliphatic heterocycles. The van der Waals surface area contributed by atoms with Gasteiger partial charge in [-0.25, -0.2) is 9.67 Å². The van der Waals surface area contributed by atoms with E-state index in [1.165, 1.54) is 24.2 Å². The van der Waals surface area contributed by atoms with Gasteiger partial charge in [0, 0.05) is 29.6 Å². The van der Waals surface area contributed by atoms with E-state index in [9.17, 15) is 0 Å². The SMILES string of the molecule is CCNC(=NCc1c(C)nn(-c2ccccc2)c1C)NCC1CCCS1. The van der Waals surface area contributed by atoms with Crippen molar-refractivity contribution in [3.8, 4) is 5.69 Å². The number of thioether (sulfide) groups is 1. The summed E-state index contributed by atoms with van der Waals surface area (Å²) >= 11 is 2.06. The Morgan fingerprint density at radius 2 is 2.08 bits per heavy atom. The molecular weight excluding hydrogens is 342 g/mol. The quantitative estimate of drug-likeness (QED) is 0.603. The van der Waals surface area contributed by atoms with Crippen LogP contribution in [0, 0.1) is 13.8 Å². The van der Waals surface area contributed by atoms with Crippen LogP contribution in [0.3, 0.4) is 0 Å². The van der Waals surface area contributed by atoms with E-state index in [1.807, 2.05) is 22.9 Å². The molecular formula is C20H29N5S. The lowest BCUT2D eigenvalue weighted by atomic mass is 10.2. The number of nitrogens with zero attached hydrogens (tertiary/aromatic N) is 3. The minimum atomic E-state index is 0.637. The van der Waals surface area contributed by atoms with Gasteiger partial charge in [-0.1, -0.05) is 18.2 Å². The molecule has 6 heteroatoms. The highest BCUT2D eigenvalue weighted by Gasteiger charge is 2.16. The third-order valence-corrected chi connectivity index (χ3v) is 6.10. The molecule has 140 valence electrons. The first-order valence-corrected chi connectivity index (χ1v) is 10.5. The standard InChI is InChI=1S/C20H29N5S/c1-4-21-20(22-13-18-11-8-12-26-18)23-14-19-15(2)24-25(16(19)3)17-9-6-5-7-10-17/h5-7,9-10,18H,4,8,11-14H2,1-3H3,(H2,21,22,23). The molecule has 1 aromatic carbocycles. The first-order valence-electron chi connectivity index (χ1n) is 9.43. The number of aryl methyl sites for hydroxylation is 1. The van der Waals surface area contributed by atoms with Crippen molar-refractivity contribution in [2.75, 3.05) is 18.8 Å². The summed E-state index contributed by atoms with van der Waals surface area (Å²) in [5, 5.41) is 12.3. The number of benzene rings is 1. The maximum atomic E-state index is 4.81. The Balaban J connectivity index is 1.71. The number of guanidine groups is 1. The average Bonchev–Trinajstić information content (AvgIpc) is 3.27. The molecule has 0 spiro atoms. The molecule has 0 amide bonds. The van der Waals surface area contributed by atoms with Crippen LogP contribution in [-0.4, -0.2) is 39.8 Å². The maximum absolute atomic E-state index is 4.81. The molecule has 1 saturated heterocycles. The topological polar surface area (TPSA) is 54.2 Å². The smallest absolute Gasteiger partial charge is 0.191 e. The van der Waals surface area contributed by atoms with Crippen LogP contribution in [0.1, 0.15) is 36.7 Å². The highest BCUT2D eigenvalue weighted by atomic mass is 32.2. The predicted molar refractivity (Wildman–Crippen MR) is 111 cm³/mol. The van der Waals surface area contributed by atoms with Crippen LogP contribution in [0.5, 0.6) is 0 Å². The van der Waals surface area contributed by atoms with Crippen LogP contribution in [0.4, 0.5) is 0 Å². The Kier molecular flexibility index (Phi) is 6.61. The van der Waals surface area contributed by atoms with E-state index in [4.69, 9.17) is 10.1 Å². The summed E-state index contributed by atoms with van der Waals surface area (Å²) in [5.41, 5.74) is 4.48. The highest BCUT2D eigenvalue weighted by Crippen LogP contribution is 2.25. The van der Waals surface area contributed by atoms with E-state index in [0.717, 1.165) is 36.1 Å². The molecule has 0 bridgehead atoms. The summed E-state index contributed by atoms with van der Waals surface area (Å²) in [6, 6.07) is 10.3. The van der Waals surface area contributed by atoms with Gasteiger partial charge in [0.1, 0.15) is 0 Å². The summed E-state index contributed by atoms with van der Waals surface area (Å²) in [6.45, 7) is 8.77. The summed E-state index contributed by atoms with van der Waals surface area (Å²) in [7, 11) is 0. The van der Waals surface area contributed by atoms with Gasteiger partial charge in [-0.2, -0.15) is 16.9 Å². The van der Waals surface area contributed by atoms with Gasteiger partial charge in [0.15, 0.2) is 5.96 Å². The molecule has 0 radical (unpaired) electrons. The van der Waals surface area contributed by atoms with Crippen LogP contribution >= 0.6 is 11.8 Å². The number of aromatic nitrogens is 2. The van der Waals surface area contributed by atoms with Gasteiger partial charge >= 0.3 is 0 Å². The Morgan fingerprint density at radius 1 is 1.27 bits per heavy atom. The molecule has 1 aromatic heterocycles. The third kappa shape index (κ3) is 4.61. The van der Waals surface area contributed by atoms with Gasteiger partial charge < -0.3 is 10.6 Å². The largest absolute Gasteiger partial charge is 0.357 e. The van der Waals surface area contributed by atoms with Gasteiger partial charge in [0.05, 0.1) is 17.9 Å². The van der Waals surface area contributed by atoms with E-state index in [0.29, 0.717) is 11.8 Å². The third-order valence-electron chi connectivity index (χ3n) is 4.70. The summed E-state index contributed by atoms with van der Waals surface area (Å²) in [5.74, 6) is 2.18. The van der Waals surface area contributed by atoms with Crippen molar-refractivity contribution in [3.05, 3.63) is 47.3 Å². The van der Waals surface area contributed by atoms with Gasteiger partial charge in [0.25, 0.3) is 0 Å². The normalized spacial score (nSPS) is 17.5. The molecule has 1 atom stereocenters. The molecule has 2 N–H and O–H groups in total. The molecule has 0 aliphatic carbocycles. The summed E-state index contributed by atoms with van der Waals surface area (Å²) < 4.78 is 2.01. The van der Waals surface area contributed by atoms with Gasteiger partial charge in [-0.15, -0.1) is 0 Å². The van der Waals surface area contributed by atoms with Crippen LogP contribution in [0.15, 0.2) is 35.3 Å². The molecule has 1 aliphatic rings. The second-order valence-electron chi connectivity index (χ2n) is 6.61. The first kappa shape index (κ1) is 18.8. The molecule has 26 heavy (non-hydrogen) atoms. The molecule has 2 heterocycles. The zero-order chi connectivity index (χ0) is 18.4. The van der Waals surface area contributed by atoms with Crippen LogP contribution in [0.25, 0.3) is 5.69 Å². The number of nitrogens with one attached hydrogen (secondary N) is 2. The van der Waals surface area contributed by atoms with E-state index in [-0.39, 0.29) is 0 Å². The van der Waals surface area contributed by atoms with Crippen molar-refractivity contribution < 1.29 is 0 Å². The van der Waals surface area contributed by atoms with Crippen LogP contribution < -0.4 is 10.6 Å². The second-order valence-corrected chi connectivity index (χ2v) is 8.02. The van der Waals surface area contributed by atoms with Gasteiger partial charge in [-0.3, -0.25) is 0 Å². The van der Waals surface area contributed by atoms with Gasteiger partial charge in [-0.05, 0) is 51.5 Å². The summed E-state index contributed by atoms with van der Waals surface area (Å²) in [6.07, 6.45) is 2.64. The van der Waals surface area contributed by atoms with Crippen molar-refractivity contribution in [2.24, 2.45) is 4.99 Å². The van der Waals surface area contributed by atoms with E-state index in [2.05, 4.69) is 55.3 Å². The Bertz CT molecular complexity index is 732. The number of rotatable bonds is 6. The number of para-hydroxylation sites is 1. The molecule has 1 fully saturated rings. The monoisotopic (exact) mass is 371 g/mol. The zero-order valence-corrected chi connectivity index (χ0v) is 16.8. The molecule has 5 nitrogen and oxygen atoms in total. The Hall–Kier alpha value is -1.95. The van der Waals surface area contributed by atoms with E-state index < -0.39 is 0 Å². The van der Waals surface area contributed by atoms with E-state index >= 15 is 0 Å². The highest BCUT2D eigenvalue weighted by molar-refractivity contribution is 8.00. The number of aliphatic imine (C=N–C) groups is 1. The van der Waals surface area contributed by atoms with Crippen molar-refractivity contribution in [1.82, 2.24) is 20.4 Å². The summed E-state index contributed by atoms with van der Waals surface area (Å²) in [4.78, 5) is 4.81. The first-order chi connectivity index (χ1) is 12.7. The average molecular weight is 372 g/mol. The molecule has 1 unspecified atom stereocenters. The van der Waals surface area contributed by atoms with Crippen molar-refractivity contribution in [1.29, 1.82) is 0 Å².